The number of methoxy groups -OCH3 is 1. The van der Waals surface area contributed by atoms with Gasteiger partial charge in [-0.25, -0.2) is 9.50 Å². The van der Waals surface area contributed by atoms with Crippen LogP contribution < -0.4 is 15.4 Å². The molecule has 0 spiro atoms. The maximum absolute atomic E-state index is 12.5. The Morgan fingerprint density at radius 2 is 1.79 bits per heavy atom. The molecule has 0 aliphatic heterocycles. The van der Waals surface area contributed by atoms with E-state index in [-0.39, 0.29) is 17.6 Å². The van der Waals surface area contributed by atoms with Crippen LogP contribution in [-0.2, 0) is 4.79 Å². The molecular formula is C23H22N6O3S. The van der Waals surface area contributed by atoms with Crippen LogP contribution in [-0.4, -0.2) is 44.3 Å². The second-order valence-corrected chi connectivity index (χ2v) is 8.16. The van der Waals surface area contributed by atoms with Gasteiger partial charge in [-0.05, 0) is 56.3 Å². The predicted molar refractivity (Wildman–Crippen MR) is 127 cm³/mol. The maximum atomic E-state index is 12.5. The molecule has 9 nitrogen and oxygen atoms in total. The Morgan fingerprint density at radius 1 is 1.03 bits per heavy atom. The lowest BCUT2D eigenvalue weighted by molar-refractivity contribution is -0.113. The number of anilines is 2. The third kappa shape index (κ3) is 5.29. The Hall–Kier alpha value is -3.92. The number of rotatable bonds is 7. The minimum atomic E-state index is -0.273. The van der Waals surface area contributed by atoms with Crippen molar-refractivity contribution in [3.05, 3.63) is 71.5 Å². The molecule has 0 saturated carbocycles. The van der Waals surface area contributed by atoms with Crippen LogP contribution in [0.4, 0.5) is 11.4 Å². The molecule has 0 fully saturated rings. The summed E-state index contributed by atoms with van der Waals surface area (Å²) in [7, 11) is 1.55. The van der Waals surface area contributed by atoms with Crippen LogP contribution >= 0.6 is 11.8 Å². The molecule has 0 aliphatic rings. The number of hydrogen-bond acceptors (Lipinski definition) is 7. The van der Waals surface area contributed by atoms with Crippen molar-refractivity contribution in [2.24, 2.45) is 0 Å². The molecule has 33 heavy (non-hydrogen) atoms. The summed E-state index contributed by atoms with van der Waals surface area (Å²) in [5.41, 5.74) is 3.42. The first kappa shape index (κ1) is 22.3. The highest BCUT2D eigenvalue weighted by molar-refractivity contribution is 7.99. The fourth-order valence-corrected chi connectivity index (χ4v) is 3.80. The smallest absolute Gasteiger partial charge is 0.255 e. The standard InChI is InChI=1S/C23H22N6O3S/c1-14-12-15(2)29-22(24-14)27-23(28-29)33-13-20(30)25-17-10-8-16(9-11-17)21(31)26-18-6-4-5-7-19(18)32-3/h4-12H,13H2,1-3H3,(H,25,30)(H,26,31). The second-order valence-electron chi connectivity index (χ2n) is 7.21. The van der Waals surface area contributed by atoms with Gasteiger partial charge in [0.15, 0.2) is 0 Å². The minimum absolute atomic E-state index is 0.144. The highest BCUT2D eigenvalue weighted by atomic mass is 32.2. The van der Waals surface area contributed by atoms with Crippen LogP contribution in [0.3, 0.4) is 0 Å². The van der Waals surface area contributed by atoms with Gasteiger partial charge in [-0.3, -0.25) is 9.59 Å². The summed E-state index contributed by atoms with van der Waals surface area (Å²) in [5, 5.41) is 10.5. The first-order valence-electron chi connectivity index (χ1n) is 10.1. The molecule has 2 aromatic carbocycles. The van der Waals surface area contributed by atoms with E-state index in [1.165, 1.54) is 11.8 Å². The summed E-state index contributed by atoms with van der Waals surface area (Å²) in [4.78, 5) is 33.6. The van der Waals surface area contributed by atoms with Crippen LogP contribution in [0, 0.1) is 13.8 Å². The van der Waals surface area contributed by atoms with Gasteiger partial charge in [-0.15, -0.1) is 5.10 Å². The molecule has 10 heteroatoms. The molecule has 0 bridgehead atoms. The van der Waals surface area contributed by atoms with Crippen LogP contribution in [0.1, 0.15) is 21.7 Å². The molecule has 2 N–H and O–H groups in total. The van der Waals surface area contributed by atoms with Crippen LogP contribution in [0.5, 0.6) is 5.75 Å². The van der Waals surface area contributed by atoms with Gasteiger partial charge < -0.3 is 15.4 Å². The highest BCUT2D eigenvalue weighted by Crippen LogP contribution is 2.24. The summed E-state index contributed by atoms with van der Waals surface area (Å²) in [6, 6.07) is 15.7. The lowest BCUT2D eigenvalue weighted by Gasteiger charge is -2.10. The molecule has 0 saturated heterocycles. The van der Waals surface area contributed by atoms with Crippen molar-refractivity contribution in [1.29, 1.82) is 0 Å². The Balaban J connectivity index is 1.33. The highest BCUT2D eigenvalue weighted by Gasteiger charge is 2.12. The van der Waals surface area contributed by atoms with Crippen molar-refractivity contribution >= 4 is 40.7 Å². The fraction of sp³-hybridized carbons (Fsp3) is 0.174. The number of aryl methyl sites for hydroxylation is 2. The van der Waals surface area contributed by atoms with Crippen molar-refractivity contribution in [2.45, 2.75) is 19.0 Å². The molecule has 4 aromatic rings. The zero-order chi connectivity index (χ0) is 23.4. The zero-order valence-corrected chi connectivity index (χ0v) is 19.1. The number of para-hydroxylation sites is 2. The van der Waals surface area contributed by atoms with E-state index in [9.17, 15) is 9.59 Å². The molecule has 0 unspecified atom stereocenters. The number of thioether (sulfide) groups is 1. The number of nitrogens with one attached hydrogen (secondary N) is 2. The maximum Gasteiger partial charge on any atom is 0.255 e. The molecular weight excluding hydrogens is 440 g/mol. The topological polar surface area (TPSA) is 111 Å². The Morgan fingerprint density at radius 3 is 2.55 bits per heavy atom. The summed E-state index contributed by atoms with van der Waals surface area (Å²) in [6.07, 6.45) is 0. The number of fused-ring (bicyclic) bond motifs is 1. The normalized spacial score (nSPS) is 10.8. The van der Waals surface area contributed by atoms with E-state index in [2.05, 4.69) is 25.7 Å². The number of hydrogen-bond donors (Lipinski definition) is 2. The molecule has 168 valence electrons. The second kappa shape index (κ2) is 9.70. The van der Waals surface area contributed by atoms with E-state index >= 15 is 0 Å². The van der Waals surface area contributed by atoms with E-state index in [1.807, 2.05) is 32.0 Å². The van der Waals surface area contributed by atoms with Gasteiger partial charge in [0.05, 0.1) is 18.6 Å². The van der Waals surface area contributed by atoms with E-state index in [4.69, 9.17) is 4.74 Å². The van der Waals surface area contributed by atoms with Crippen LogP contribution in [0.15, 0.2) is 59.8 Å². The van der Waals surface area contributed by atoms with Crippen molar-refractivity contribution in [3.63, 3.8) is 0 Å². The Labute approximate surface area is 194 Å². The number of carbonyl (C=O) groups is 2. The zero-order valence-electron chi connectivity index (χ0n) is 18.3. The van der Waals surface area contributed by atoms with E-state index < -0.39 is 0 Å². The monoisotopic (exact) mass is 462 g/mol. The number of nitrogens with zero attached hydrogens (tertiary/aromatic N) is 4. The number of aromatic nitrogens is 4. The summed E-state index contributed by atoms with van der Waals surface area (Å²) < 4.78 is 6.90. The lowest BCUT2D eigenvalue weighted by atomic mass is 10.2. The van der Waals surface area contributed by atoms with Gasteiger partial charge in [0.2, 0.25) is 11.1 Å². The Kier molecular flexibility index (Phi) is 6.55. The van der Waals surface area contributed by atoms with Crippen molar-refractivity contribution in [2.75, 3.05) is 23.5 Å². The van der Waals surface area contributed by atoms with Crippen LogP contribution in [0.25, 0.3) is 5.78 Å². The number of benzene rings is 2. The first-order chi connectivity index (χ1) is 15.9. The van der Waals surface area contributed by atoms with Gasteiger partial charge in [0.25, 0.3) is 11.7 Å². The minimum Gasteiger partial charge on any atom is -0.495 e. The largest absolute Gasteiger partial charge is 0.495 e. The average molecular weight is 463 g/mol. The Bertz CT molecular complexity index is 1320. The van der Waals surface area contributed by atoms with Gasteiger partial charge in [0, 0.05) is 22.6 Å². The average Bonchev–Trinajstić information content (AvgIpc) is 3.22. The van der Waals surface area contributed by atoms with E-state index in [0.717, 1.165) is 11.4 Å². The van der Waals surface area contributed by atoms with Crippen molar-refractivity contribution in [1.82, 2.24) is 19.6 Å². The van der Waals surface area contributed by atoms with Gasteiger partial charge in [0.1, 0.15) is 5.75 Å². The molecule has 2 aromatic heterocycles. The summed E-state index contributed by atoms with van der Waals surface area (Å²) in [6.45, 7) is 3.83. The quantitative estimate of drug-likeness (QED) is 0.403. The van der Waals surface area contributed by atoms with E-state index in [1.54, 1.807) is 48.0 Å². The van der Waals surface area contributed by atoms with Gasteiger partial charge in [-0.1, -0.05) is 23.9 Å². The predicted octanol–water partition coefficient (Wildman–Crippen LogP) is 3.73. The van der Waals surface area contributed by atoms with Crippen LogP contribution in [0.2, 0.25) is 0 Å². The SMILES string of the molecule is COc1ccccc1NC(=O)c1ccc(NC(=O)CSc2nc3nc(C)cc(C)n3n2)cc1. The van der Waals surface area contributed by atoms with Gasteiger partial charge >= 0.3 is 0 Å². The fourth-order valence-electron chi connectivity index (χ4n) is 3.18. The van der Waals surface area contributed by atoms with E-state index in [0.29, 0.717) is 33.6 Å². The van der Waals surface area contributed by atoms with Crippen molar-refractivity contribution in [3.8, 4) is 5.75 Å². The molecule has 0 aliphatic carbocycles. The number of amides is 2. The first-order valence-corrected chi connectivity index (χ1v) is 11.1. The molecule has 2 amide bonds. The number of ether oxygens (including phenoxy) is 1. The lowest BCUT2D eigenvalue weighted by Crippen LogP contribution is -2.15. The molecule has 0 radical (unpaired) electrons. The summed E-state index contributed by atoms with van der Waals surface area (Å²) in [5.74, 6) is 0.757. The third-order valence-electron chi connectivity index (χ3n) is 4.72. The number of carbonyl (C=O) groups excluding carboxylic acids is 2. The molecule has 4 rings (SSSR count). The molecule has 2 heterocycles. The summed E-state index contributed by atoms with van der Waals surface area (Å²) >= 11 is 1.23. The third-order valence-corrected chi connectivity index (χ3v) is 5.55. The van der Waals surface area contributed by atoms with Crippen molar-refractivity contribution < 1.29 is 14.3 Å². The van der Waals surface area contributed by atoms with Gasteiger partial charge in [-0.2, -0.15) is 4.98 Å². The molecule has 0 atom stereocenters.